The summed E-state index contributed by atoms with van der Waals surface area (Å²) in [4.78, 5) is 0.387. The van der Waals surface area contributed by atoms with Gasteiger partial charge in [-0.15, -0.1) is 0 Å². The minimum absolute atomic E-state index is 0.290. The normalized spacial score (nSPS) is 12.2. The third-order valence-corrected chi connectivity index (χ3v) is 4.07. The van der Waals surface area contributed by atoms with Crippen LogP contribution in [0.2, 0.25) is 0 Å². The van der Waals surface area contributed by atoms with Crippen LogP contribution in [0.15, 0.2) is 40.9 Å². The molecule has 21 heavy (non-hydrogen) atoms. The lowest BCUT2D eigenvalue weighted by Crippen LogP contribution is -2.09. The van der Waals surface area contributed by atoms with Gasteiger partial charge in [0.25, 0.3) is 0 Å². The third kappa shape index (κ3) is 3.11. The van der Waals surface area contributed by atoms with Crippen LogP contribution in [0.5, 0.6) is 11.5 Å². The second-order valence-electron chi connectivity index (χ2n) is 4.60. The first-order chi connectivity index (χ1) is 10.1. The molecule has 0 amide bonds. The molecular formula is C15H13BrN2O2S. The summed E-state index contributed by atoms with van der Waals surface area (Å²) in [5, 5.41) is 3.36. The standard InChI is InChI=1S/C15H13BrN2O2S/c16-11-6-10(15(17)21)2-3-12(11)18-7-9-1-4-13-14(5-9)20-8-19-13/h1-6,18H,7-8H2,(H2,17,21). The number of nitrogens with two attached hydrogens (primary N) is 1. The molecule has 1 aliphatic heterocycles. The lowest BCUT2D eigenvalue weighted by Gasteiger charge is -2.10. The van der Waals surface area contributed by atoms with E-state index in [4.69, 9.17) is 27.4 Å². The van der Waals surface area contributed by atoms with E-state index in [1.54, 1.807) is 0 Å². The van der Waals surface area contributed by atoms with Crippen molar-refractivity contribution in [3.63, 3.8) is 0 Å². The first kappa shape index (κ1) is 14.2. The monoisotopic (exact) mass is 364 g/mol. The smallest absolute Gasteiger partial charge is 0.231 e. The van der Waals surface area contributed by atoms with Gasteiger partial charge in [0.2, 0.25) is 6.79 Å². The predicted octanol–water partition coefficient (Wildman–Crippen LogP) is 3.42. The Bertz CT molecular complexity index is 706. The Morgan fingerprint density at radius 1 is 1.19 bits per heavy atom. The van der Waals surface area contributed by atoms with Gasteiger partial charge < -0.3 is 20.5 Å². The van der Waals surface area contributed by atoms with Gasteiger partial charge in [-0.1, -0.05) is 18.3 Å². The molecule has 3 rings (SSSR count). The van der Waals surface area contributed by atoms with Gasteiger partial charge in [0.15, 0.2) is 11.5 Å². The fourth-order valence-electron chi connectivity index (χ4n) is 2.06. The van der Waals surface area contributed by atoms with Gasteiger partial charge in [-0.3, -0.25) is 0 Å². The van der Waals surface area contributed by atoms with Gasteiger partial charge in [0.1, 0.15) is 4.99 Å². The Morgan fingerprint density at radius 2 is 2.00 bits per heavy atom. The van der Waals surface area contributed by atoms with Crippen molar-refractivity contribution in [2.24, 2.45) is 5.73 Å². The molecule has 0 radical (unpaired) electrons. The van der Waals surface area contributed by atoms with Gasteiger partial charge in [-0.05, 0) is 51.8 Å². The summed E-state index contributed by atoms with van der Waals surface area (Å²) in [6.45, 7) is 0.972. The summed E-state index contributed by atoms with van der Waals surface area (Å²) in [6, 6.07) is 11.7. The summed E-state index contributed by atoms with van der Waals surface area (Å²) < 4.78 is 11.6. The van der Waals surface area contributed by atoms with E-state index in [9.17, 15) is 0 Å². The fraction of sp³-hybridized carbons (Fsp3) is 0.133. The highest BCUT2D eigenvalue weighted by atomic mass is 79.9. The molecule has 108 valence electrons. The number of anilines is 1. The van der Waals surface area contributed by atoms with E-state index >= 15 is 0 Å². The van der Waals surface area contributed by atoms with E-state index in [0.717, 1.165) is 32.8 Å². The van der Waals surface area contributed by atoms with Gasteiger partial charge in [-0.2, -0.15) is 0 Å². The maximum atomic E-state index is 5.61. The van der Waals surface area contributed by atoms with Crippen molar-refractivity contribution in [3.8, 4) is 11.5 Å². The highest BCUT2D eigenvalue weighted by molar-refractivity contribution is 9.10. The zero-order valence-electron chi connectivity index (χ0n) is 11.1. The van der Waals surface area contributed by atoms with Crippen LogP contribution in [0, 0.1) is 0 Å². The number of nitrogens with one attached hydrogen (secondary N) is 1. The molecule has 3 N–H and O–H groups in total. The highest BCUT2D eigenvalue weighted by Crippen LogP contribution is 2.33. The predicted molar refractivity (Wildman–Crippen MR) is 89.9 cm³/mol. The molecule has 0 fully saturated rings. The second-order valence-corrected chi connectivity index (χ2v) is 5.89. The minimum Gasteiger partial charge on any atom is -0.454 e. The van der Waals surface area contributed by atoms with Crippen molar-refractivity contribution < 1.29 is 9.47 Å². The zero-order chi connectivity index (χ0) is 14.8. The van der Waals surface area contributed by atoms with Crippen molar-refractivity contribution in [3.05, 3.63) is 52.0 Å². The van der Waals surface area contributed by atoms with Crippen molar-refractivity contribution in [2.75, 3.05) is 12.1 Å². The minimum atomic E-state index is 0.290. The molecule has 2 aromatic carbocycles. The Labute approximate surface area is 136 Å². The largest absolute Gasteiger partial charge is 0.454 e. The molecule has 0 bridgehead atoms. The fourth-order valence-corrected chi connectivity index (χ4v) is 2.71. The molecule has 0 aliphatic carbocycles. The first-order valence-electron chi connectivity index (χ1n) is 6.35. The summed E-state index contributed by atoms with van der Waals surface area (Å²) in [6.07, 6.45) is 0. The van der Waals surface area contributed by atoms with Crippen LogP contribution in [-0.4, -0.2) is 11.8 Å². The van der Waals surface area contributed by atoms with Crippen molar-refractivity contribution >= 4 is 38.8 Å². The number of thiocarbonyl (C=S) groups is 1. The van der Waals surface area contributed by atoms with E-state index < -0.39 is 0 Å². The summed E-state index contributed by atoms with van der Waals surface area (Å²) in [7, 11) is 0. The number of rotatable bonds is 4. The van der Waals surface area contributed by atoms with Crippen molar-refractivity contribution in [1.82, 2.24) is 0 Å². The van der Waals surface area contributed by atoms with Crippen LogP contribution in [0.1, 0.15) is 11.1 Å². The molecule has 0 atom stereocenters. The Morgan fingerprint density at radius 3 is 2.76 bits per heavy atom. The molecule has 0 aromatic heterocycles. The van der Waals surface area contributed by atoms with Crippen molar-refractivity contribution in [1.29, 1.82) is 0 Å². The Hall–Kier alpha value is -1.79. The van der Waals surface area contributed by atoms with Crippen LogP contribution in [-0.2, 0) is 6.54 Å². The number of ether oxygens (including phenoxy) is 2. The van der Waals surface area contributed by atoms with E-state index in [1.807, 2.05) is 36.4 Å². The van der Waals surface area contributed by atoms with Crippen LogP contribution >= 0.6 is 28.1 Å². The molecule has 0 saturated heterocycles. The maximum absolute atomic E-state index is 5.61. The number of hydrogen-bond donors (Lipinski definition) is 2. The quantitative estimate of drug-likeness (QED) is 0.814. The molecule has 1 aliphatic rings. The lowest BCUT2D eigenvalue weighted by atomic mass is 10.1. The Balaban J connectivity index is 1.71. The lowest BCUT2D eigenvalue weighted by molar-refractivity contribution is 0.174. The third-order valence-electron chi connectivity index (χ3n) is 3.17. The van der Waals surface area contributed by atoms with Crippen LogP contribution in [0.4, 0.5) is 5.69 Å². The van der Waals surface area contributed by atoms with Gasteiger partial charge in [-0.25, -0.2) is 0 Å². The highest BCUT2D eigenvalue weighted by Gasteiger charge is 2.13. The van der Waals surface area contributed by atoms with E-state index in [1.165, 1.54) is 0 Å². The van der Waals surface area contributed by atoms with Gasteiger partial charge >= 0.3 is 0 Å². The molecule has 2 aromatic rings. The molecular weight excluding hydrogens is 352 g/mol. The number of benzene rings is 2. The first-order valence-corrected chi connectivity index (χ1v) is 7.55. The van der Waals surface area contributed by atoms with E-state index in [2.05, 4.69) is 21.2 Å². The van der Waals surface area contributed by atoms with Gasteiger partial charge in [0.05, 0.1) is 0 Å². The van der Waals surface area contributed by atoms with E-state index in [0.29, 0.717) is 11.5 Å². The average Bonchev–Trinajstić information content (AvgIpc) is 2.93. The summed E-state index contributed by atoms with van der Waals surface area (Å²) in [5.41, 5.74) is 8.55. The van der Waals surface area contributed by atoms with Crippen molar-refractivity contribution in [2.45, 2.75) is 6.54 Å². The molecule has 0 unspecified atom stereocenters. The molecule has 0 saturated carbocycles. The van der Waals surface area contributed by atoms with Gasteiger partial charge in [0, 0.05) is 22.3 Å². The average molecular weight is 365 g/mol. The molecule has 0 spiro atoms. The molecule has 1 heterocycles. The number of hydrogen-bond acceptors (Lipinski definition) is 4. The van der Waals surface area contributed by atoms with Crippen LogP contribution in [0.3, 0.4) is 0 Å². The second kappa shape index (κ2) is 5.91. The maximum Gasteiger partial charge on any atom is 0.231 e. The number of halogens is 1. The van der Waals surface area contributed by atoms with E-state index in [-0.39, 0.29) is 6.79 Å². The summed E-state index contributed by atoms with van der Waals surface area (Å²) >= 11 is 8.48. The SMILES string of the molecule is NC(=S)c1ccc(NCc2ccc3c(c2)OCO3)c(Br)c1. The molecule has 4 nitrogen and oxygen atoms in total. The molecule has 6 heteroatoms. The van der Waals surface area contributed by atoms with Crippen LogP contribution < -0.4 is 20.5 Å². The summed E-state index contributed by atoms with van der Waals surface area (Å²) in [5.74, 6) is 1.58. The Kier molecular flexibility index (Phi) is 3.98. The zero-order valence-corrected chi connectivity index (χ0v) is 13.5. The number of fused-ring (bicyclic) bond motifs is 1. The topological polar surface area (TPSA) is 56.5 Å². The van der Waals surface area contributed by atoms with Crippen LogP contribution in [0.25, 0.3) is 0 Å².